The summed E-state index contributed by atoms with van der Waals surface area (Å²) in [5.74, 6) is 0.306. The number of carboxylic acids is 1. The summed E-state index contributed by atoms with van der Waals surface area (Å²) in [6, 6.07) is 14.3. The second kappa shape index (κ2) is 9.04. The van der Waals surface area contributed by atoms with Crippen LogP contribution in [0.3, 0.4) is 0 Å². The molecule has 0 amide bonds. The standard InChI is InChI=1S/C20H20N5O.C2H4O2/c1-24-20(21)18(13-23-24)22-12-15-11-16-5-3-4-10-25(16)19(15)14-6-8-17(26-2)9-7-14;1-2(3)4/h3-10,12-13H,11,21H2,1-2H3;1H3,(H,3,4)/q+1;/p-1/b22-12+;. The number of carboxylic acid groups (broad SMARTS) is 1. The Kier molecular flexibility index (Phi) is 6.26. The van der Waals surface area contributed by atoms with Crippen LogP contribution in [0.2, 0.25) is 0 Å². The van der Waals surface area contributed by atoms with Gasteiger partial charge in [0.05, 0.1) is 25.3 Å². The van der Waals surface area contributed by atoms with E-state index in [9.17, 15) is 0 Å². The van der Waals surface area contributed by atoms with Gasteiger partial charge in [-0.15, -0.1) is 0 Å². The van der Waals surface area contributed by atoms with Crippen LogP contribution in [0, 0.1) is 0 Å². The predicted octanol–water partition coefficient (Wildman–Crippen LogP) is 1.27. The summed E-state index contributed by atoms with van der Waals surface area (Å²) in [5.41, 5.74) is 11.3. The third-order valence-corrected chi connectivity index (χ3v) is 4.55. The highest BCUT2D eigenvalue weighted by molar-refractivity contribution is 5.92. The molecule has 1 aliphatic heterocycles. The predicted molar refractivity (Wildman–Crippen MR) is 112 cm³/mol. The molecule has 0 radical (unpaired) electrons. The fourth-order valence-electron chi connectivity index (χ4n) is 3.14. The van der Waals surface area contributed by atoms with Gasteiger partial charge in [-0.3, -0.25) is 9.67 Å². The van der Waals surface area contributed by atoms with Crippen LogP contribution in [-0.4, -0.2) is 29.1 Å². The summed E-state index contributed by atoms with van der Waals surface area (Å²) in [6.45, 7) is 0.972. The summed E-state index contributed by atoms with van der Waals surface area (Å²) in [5, 5.41) is 13.0. The smallest absolute Gasteiger partial charge is 0.223 e. The summed E-state index contributed by atoms with van der Waals surface area (Å²) in [6.07, 6.45) is 6.45. The van der Waals surface area contributed by atoms with Gasteiger partial charge in [0.2, 0.25) is 5.70 Å². The molecular weight excluding hydrogens is 382 g/mol. The molecule has 0 bridgehead atoms. The number of carbonyl (C=O) groups is 1. The molecule has 1 aromatic carbocycles. The van der Waals surface area contributed by atoms with Crippen molar-refractivity contribution >= 4 is 29.4 Å². The van der Waals surface area contributed by atoms with E-state index >= 15 is 0 Å². The maximum absolute atomic E-state index is 8.89. The Morgan fingerprint density at radius 1 is 1.30 bits per heavy atom. The number of carbonyl (C=O) groups excluding carboxylic acids is 1. The van der Waals surface area contributed by atoms with Gasteiger partial charge in [-0.05, 0) is 31.2 Å². The number of benzene rings is 1. The summed E-state index contributed by atoms with van der Waals surface area (Å²) < 4.78 is 9.10. The average molecular weight is 405 g/mol. The first-order chi connectivity index (χ1) is 14.4. The van der Waals surface area contributed by atoms with Gasteiger partial charge in [-0.1, -0.05) is 6.07 Å². The number of hydrogen-bond donors (Lipinski definition) is 1. The number of nitrogens with zero attached hydrogens (tertiary/aromatic N) is 4. The van der Waals surface area contributed by atoms with Crippen LogP contribution >= 0.6 is 0 Å². The van der Waals surface area contributed by atoms with E-state index in [1.165, 1.54) is 5.69 Å². The first-order valence-corrected chi connectivity index (χ1v) is 9.27. The Morgan fingerprint density at radius 3 is 2.60 bits per heavy atom. The molecular formula is C22H23N5O3. The molecule has 0 saturated heterocycles. The van der Waals surface area contributed by atoms with Gasteiger partial charge in [-0.2, -0.15) is 9.67 Å². The summed E-state index contributed by atoms with van der Waals surface area (Å²) in [7, 11) is 3.47. The number of rotatable bonds is 4. The number of anilines is 1. The van der Waals surface area contributed by atoms with E-state index in [1.54, 1.807) is 25.0 Å². The first kappa shape index (κ1) is 20.8. The lowest BCUT2D eigenvalue weighted by atomic mass is 10.1. The van der Waals surface area contributed by atoms with Crippen LogP contribution in [0.15, 0.2) is 65.4 Å². The number of fused-ring (bicyclic) bond motifs is 1. The molecule has 8 nitrogen and oxygen atoms in total. The van der Waals surface area contributed by atoms with E-state index in [2.05, 4.69) is 45.1 Å². The number of pyridine rings is 1. The highest BCUT2D eigenvalue weighted by Gasteiger charge is 2.30. The quantitative estimate of drug-likeness (QED) is 0.519. The van der Waals surface area contributed by atoms with Gasteiger partial charge >= 0.3 is 0 Å². The minimum absolute atomic E-state index is 0.552. The van der Waals surface area contributed by atoms with Crippen LogP contribution in [0.1, 0.15) is 18.2 Å². The third-order valence-electron chi connectivity index (χ3n) is 4.55. The number of nitrogen functional groups attached to an aromatic ring is 1. The Hall–Kier alpha value is -3.94. The van der Waals surface area contributed by atoms with E-state index in [4.69, 9.17) is 20.4 Å². The lowest BCUT2D eigenvalue weighted by Gasteiger charge is -2.03. The number of methoxy groups -OCH3 is 1. The van der Waals surface area contributed by atoms with Crippen LogP contribution in [-0.2, 0) is 18.3 Å². The molecule has 8 heteroatoms. The van der Waals surface area contributed by atoms with Gasteiger partial charge in [0.25, 0.3) is 0 Å². The van der Waals surface area contributed by atoms with Crippen LogP contribution in [0.25, 0.3) is 5.70 Å². The molecule has 0 spiro atoms. The highest BCUT2D eigenvalue weighted by atomic mass is 16.5. The van der Waals surface area contributed by atoms with E-state index in [-0.39, 0.29) is 0 Å². The number of aliphatic imine (C=N–C) groups is 1. The fraction of sp³-hybridized carbons (Fsp3) is 0.182. The number of aryl methyl sites for hydroxylation is 1. The third kappa shape index (κ3) is 4.54. The number of nitrogens with two attached hydrogens (primary N) is 1. The van der Waals surface area contributed by atoms with E-state index < -0.39 is 5.97 Å². The minimum Gasteiger partial charge on any atom is -0.550 e. The van der Waals surface area contributed by atoms with Gasteiger partial charge in [0.15, 0.2) is 11.9 Å². The number of ether oxygens (including phenoxy) is 1. The Bertz CT molecular complexity index is 1110. The molecule has 3 heterocycles. The number of hydrogen-bond acceptors (Lipinski definition) is 6. The van der Waals surface area contributed by atoms with E-state index in [0.29, 0.717) is 11.5 Å². The van der Waals surface area contributed by atoms with Crippen molar-refractivity contribution in [1.29, 1.82) is 0 Å². The number of aromatic nitrogens is 3. The van der Waals surface area contributed by atoms with Gasteiger partial charge in [0.1, 0.15) is 17.3 Å². The second-order valence-corrected chi connectivity index (χ2v) is 6.63. The molecule has 4 rings (SSSR count). The van der Waals surface area contributed by atoms with Crippen molar-refractivity contribution in [3.63, 3.8) is 0 Å². The Balaban J connectivity index is 0.000000589. The Morgan fingerprint density at radius 2 is 2.00 bits per heavy atom. The highest BCUT2D eigenvalue weighted by Crippen LogP contribution is 2.27. The van der Waals surface area contributed by atoms with Crippen molar-refractivity contribution in [2.24, 2.45) is 12.0 Å². The molecule has 30 heavy (non-hydrogen) atoms. The zero-order valence-corrected chi connectivity index (χ0v) is 17.1. The molecule has 3 aromatic rings. The zero-order valence-electron chi connectivity index (χ0n) is 17.1. The minimum atomic E-state index is -1.08. The van der Waals surface area contributed by atoms with Crippen LogP contribution in [0.4, 0.5) is 11.5 Å². The van der Waals surface area contributed by atoms with E-state index in [1.807, 2.05) is 24.4 Å². The molecule has 0 atom stereocenters. The summed E-state index contributed by atoms with van der Waals surface area (Å²) in [4.78, 5) is 13.5. The van der Waals surface area contributed by atoms with Crippen molar-refractivity contribution in [2.45, 2.75) is 13.3 Å². The van der Waals surface area contributed by atoms with Crippen LogP contribution in [0.5, 0.6) is 5.75 Å². The molecule has 0 unspecified atom stereocenters. The van der Waals surface area contributed by atoms with Gasteiger partial charge in [0, 0.05) is 36.9 Å². The maximum Gasteiger partial charge on any atom is 0.223 e. The molecule has 0 fully saturated rings. The van der Waals surface area contributed by atoms with Crippen molar-refractivity contribution in [3.05, 3.63) is 71.7 Å². The molecule has 154 valence electrons. The topological polar surface area (TPSA) is 109 Å². The SMILES string of the molecule is CC(=O)[O-].COc1ccc(C2=C(/C=N/c3cnn(C)c3N)Cc3cccc[n+]32)cc1. The second-order valence-electron chi connectivity index (χ2n) is 6.63. The van der Waals surface area contributed by atoms with Crippen molar-refractivity contribution in [3.8, 4) is 5.75 Å². The van der Waals surface area contributed by atoms with Gasteiger partial charge < -0.3 is 20.4 Å². The van der Waals surface area contributed by atoms with E-state index in [0.717, 1.165) is 35.9 Å². The monoisotopic (exact) mass is 405 g/mol. The van der Waals surface area contributed by atoms with Crippen LogP contribution < -0.4 is 20.1 Å². The normalized spacial score (nSPS) is 12.5. The van der Waals surface area contributed by atoms with Crippen molar-refractivity contribution in [2.75, 3.05) is 12.8 Å². The molecule has 0 aliphatic carbocycles. The number of aliphatic carboxylic acids is 1. The zero-order chi connectivity index (χ0) is 21.7. The molecule has 2 N–H and O–H groups in total. The largest absolute Gasteiger partial charge is 0.550 e. The first-order valence-electron chi connectivity index (χ1n) is 9.27. The molecule has 0 saturated carbocycles. The molecule has 2 aromatic heterocycles. The lowest BCUT2D eigenvalue weighted by molar-refractivity contribution is -0.582. The molecule has 1 aliphatic rings. The summed E-state index contributed by atoms with van der Waals surface area (Å²) >= 11 is 0. The van der Waals surface area contributed by atoms with Crippen molar-refractivity contribution < 1.29 is 19.2 Å². The number of allylic oxidation sites excluding steroid dienone is 1. The maximum atomic E-state index is 8.89. The van der Waals surface area contributed by atoms with Gasteiger partial charge in [-0.25, -0.2) is 0 Å². The Labute approximate surface area is 174 Å². The van der Waals surface area contributed by atoms with Crippen molar-refractivity contribution in [1.82, 2.24) is 9.78 Å². The lowest BCUT2D eigenvalue weighted by Crippen LogP contribution is -2.33. The average Bonchev–Trinajstić information content (AvgIpc) is 3.26. The fourth-order valence-corrected chi connectivity index (χ4v) is 3.14.